The van der Waals surface area contributed by atoms with Gasteiger partial charge in [0.05, 0.1) is 16.1 Å². The number of aromatic nitrogens is 1. The average molecular weight is 320 g/mol. The summed E-state index contributed by atoms with van der Waals surface area (Å²) in [6.07, 6.45) is 3.95. The predicted molar refractivity (Wildman–Crippen MR) is 82.2 cm³/mol. The molecule has 1 aliphatic rings. The quantitative estimate of drug-likeness (QED) is 0.838. The van der Waals surface area contributed by atoms with E-state index in [2.05, 4.69) is 15.6 Å². The molecule has 0 radical (unpaired) electrons. The first-order valence-electron chi connectivity index (χ1n) is 6.05. The molecule has 2 rings (SSSR count). The zero-order valence-electron chi connectivity index (χ0n) is 10.5. The van der Waals surface area contributed by atoms with Crippen molar-refractivity contribution in [3.8, 4) is 0 Å². The molecule has 19 heavy (non-hydrogen) atoms. The lowest BCUT2D eigenvalue weighted by Gasteiger charge is -2.15. The highest BCUT2D eigenvalue weighted by Crippen LogP contribution is 2.28. The minimum Gasteiger partial charge on any atom is -0.376 e. The lowest BCUT2D eigenvalue weighted by Crippen LogP contribution is -2.35. The smallest absolute Gasteiger partial charge is 0.172 e. The number of halogens is 2. The highest BCUT2D eigenvalue weighted by atomic mass is 35.5. The van der Waals surface area contributed by atoms with Crippen molar-refractivity contribution in [2.24, 2.45) is 0 Å². The Hall–Kier alpha value is -0.620. The van der Waals surface area contributed by atoms with E-state index in [1.54, 1.807) is 6.20 Å². The number of thiocarbonyl (C=S) groups is 1. The van der Waals surface area contributed by atoms with Gasteiger partial charge in [-0.2, -0.15) is 0 Å². The van der Waals surface area contributed by atoms with Crippen LogP contribution >= 0.6 is 35.4 Å². The van der Waals surface area contributed by atoms with E-state index in [0.29, 0.717) is 27.5 Å². The Labute approximate surface area is 127 Å². The van der Waals surface area contributed by atoms with E-state index in [0.717, 1.165) is 25.0 Å². The Balaban J connectivity index is 1.89. The number of ether oxygens (including phenoxy) is 1. The van der Waals surface area contributed by atoms with E-state index in [-0.39, 0.29) is 6.10 Å². The van der Waals surface area contributed by atoms with Gasteiger partial charge in [0.2, 0.25) is 0 Å². The standard InChI is InChI=1S/C12H15Cl2N3OS/c1-7-9(13)6-15-11(10(7)14)17-12(19)16-5-8-3-2-4-18-8/h6,8H,2-5H2,1H3,(H2,15,16,17,19)/t8-/m1/s1. The lowest BCUT2D eigenvalue weighted by atomic mass is 10.2. The van der Waals surface area contributed by atoms with Gasteiger partial charge in [-0.15, -0.1) is 0 Å². The largest absolute Gasteiger partial charge is 0.376 e. The van der Waals surface area contributed by atoms with Gasteiger partial charge in [0, 0.05) is 19.3 Å². The number of nitrogens with zero attached hydrogens (tertiary/aromatic N) is 1. The first kappa shape index (κ1) is 14.8. The number of nitrogens with one attached hydrogen (secondary N) is 2. The molecule has 1 aromatic heterocycles. The molecule has 2 heterocycles. The second kappa shape index (κ2) is 6.70. The van der Waals surface area contributed by atoms with Crippen molar-refractivity contribution in [3.05, 3.63) is 21.8 Å². The van der Waals surface area contributed by atoms with Crippen LogP contribution < -0.4 is 10.6 Å². The predicted octanol–water partition coefficient (Wildman–Crippen LogP) is 3.16. The van der Waals surface area contributed by atoms with Crippen LogP contribution in [-0.4, -0.2) is 29.4 Å². The third kappa shape index (κ3) is 3.92. The second-order valence-corrected chi connectivity index (χ2v) is 5.56. The van der Waals surface area contributed by atoms with Crippen molar-refractivity contribution in [2.45, 2.75) is 25.9 Å². The minimum atomic E-state index is 0.232. The van der Waals surface area contributed by atoms with Crippen molar-refractivity contribution < 1.29 is 4.74 Å². The summed E-state index contributed by atoms with van der Waals surface area (Å²) in [6, 6.07) is 0. The van der Waals surface area contributed by atoms with E-state index in [9.17, 15) is 0 Å². The van der Waals surface area contributed by atoms with Crippen molar-refractivity contribution in [3.63, 3.8) is 0 Å². The van der Waals surface area contributed by atoms with Crippen LogP contribution in [0.15, 0.2) is 6.20 Å². The molecule has 0 bridgehead atoms. The fourth-order valence-electron chi connectivity index (χ4n) is 1.81. The Morgan fingerprint density at radius 2 is 2.37 bits per heavy atom. The molecule has 1 aliphatic heterocycles. The molecule has 1 aromatic rings. The Bertz CT molecular complexity index is 478. The van der Waals surface area contributed by atoms with Crippen LogP contribution in [0.3, 0.4) is 0 Å². The van der Waals surface area contributed by atoms with Gasteiger partial charge >= 0.3 is 0 Å². The van der Waals surface area contributed by atoms with E-state index < -0.39 is 0 Å². The normalized spacial score (nSPS) is 18.4. The first-order valence-corrected chi connectivity index (χ1v) is 7.21. The molecule has 7 heteroatoms. The SMILES string of the molecule is Cc1c(Cl)cnc(NC(=S)NC[C@H]2CCCO2)c1Cl. The average Bonchev–Trinajstić information content (AvgIpc) is 2.90. The van der Waals surface area contributed by atoms with Crippen LogP contribution in [0.5, 0.6) is 0 Å². The number of pyridine rings is 1. The van der Waals surface area contributed by atoms with Gasteiger partial charge in [-0.25, -0.2) is 4.98 Å². The molecule has 0 saturated carbocycles. The summed E-state index contributed by atoms with van der Waals surface area (Å²) in [7, 11) is 0. The summed E-state index contributed by atoms with van der Waals surface area (Å²) < 4.78 is 5.50. The van der Waals surface area contributed by atoms with Gasteiger partial charge in [0.1, 0.15) is 0 Å². The highest BCUT2D eigenvalue weighted by Gasteiger charge is 2.16. The van der Waals surface area contributed by atoms with Crippen molar-refractivity contribution >= 4 is 46.4 Å². The van der Waals surface area contributed by atoms with Gasteiger partial charge in [0.25, 0.3) is 0 Å². The Morgan fingerprint density at radius 3 is 3.05 bits per heavy atom. The number of anilines is 1. The summed E-state index contributed by atoms with van der Waals surface area (Å²) in [5.41, 5.74) is 0.780. The fraction of sp³-hybridized carbons (Fsp3) is 0.500. The molecule has 2 N–H and O–H groups in total. The van der Waals surface area contributed by atoms with Gasteiger partial charge < -0.3 is 15.4 Å². The molecule has 1 atom stereocenters. The van der Waals surface area contributed by atoms with Gasteiger partial charge in [-0.3, -0.25) is 0 Å². The molecule has 1 fully saturated rings. The van der Waals surface area contributed by atoms with Crippen LogP contribution in [0.2, 0.25) is 10.0 Å². The minimum absolute atomic E-state index is 0.232. The van der Waals surface area contributed by atoms with Crippen LogP contribution in [0.4, 0.5) is 5.82 Å². The number of hydrogen-bond acceptors (Lipinski definition) is 3. The topological polar surface area (TPSA) is 46.2 Å². The summed E-state index contributed by atoms with van der Waals surface area (Å²) >= 11 is 17.3. The van der Waals surface area contributed by atoms with Crippen LogP contribution in [-0.2, 0) is 4.74 Å². The van der Waals surface area contributed by atoms with Crippen molar-refractivity contribution in [2.75, 3.05) is 18.5 Å². The monoisotopic (exact) mass is 319 g/mol. The molecule has 0 aliphatic carbocycles. The van der Waals surface area contributed by atoms with E-state index in [1.165, 1.54) is 0 Å². The van der Waals surface area contributed by atoms with Crippen molar-refractivity contribution in [1.82, 2.24) is 10.3 Å². The molecule has 0 aromatic carbocycles. The maximum Gasteiger partial charge on any atom is 0.172 e. The molecular formula is C12H15Cl2N3OS. The van der Waals surface area contributed by atoms with E-state index in [4.69, 9.17) is 40.2 Å². The molecule has 1 saturated heterocycles. The summed E-state index contributed by atoms with van der Waals surface area (Å²) in [4.78, 5) is 4.12. The maximum absolute atomic E-state index is 6.15. The zero-order chi connectivity index (χ0) is 13.8. The maximum atomic E-state index is 6.15. The van der Waals surface area contributed by atoms with Crippen LogP contribution in [0.1, 0.15) is 18.4 Å². The number of hydrogen-bond donors (Lipinski definition) is 2. The summed E-state index contributed by atoms with van der Waals surface area (Å²) in [5, 5.41) is 7.56. The zero-order valence-corrected chi connectivity index (χ0v) is 12.8. The Morgan fingerprint density at radius 1 is 1.58 bits per heavy atom. The summed E-state index contributed by atoms with van der Waals surface area (Å²) in [6.45, 7) is 3.35. The molecule has 0 unspecified atom stereocenters. The van der Waals surface area contributed by atoms with Gasteiger partial charge in [0.15, 0.2) is 10.9 Å². The highest BCUT2D eigenvalue weighted by molar-refractivity contribution is 7.80. The van der Waals surface area contributed by atoms with Crippen LogP contribution in [0, 0.1) is 6.92 Å². The molecule has 104 valence electrons. The Kier molecular flexibility index (Phi) is 5.21. The number of rotatable bonds is 3. The molecule has 0 spiro atoms. The summed E-state index contributed by atoms with van der Waals surface area (Å²) in [5.74, 6) is 0.508. The first-order chi connectivity index (χ1) is 9.08. The van der Waals surface area contributed by atoms with E-state index in [1.807, 2.05) is 6.92 Å². The van der Waals surface area contributed by atoms with Gasteiger partial charge in [-0.1, -0.05) is 23.2 Å². The lowest BCUT2D eigenvalue weighted by molar-refractivity contribution is 0.114. The van der Waals surface area contributed by atoms with Crippen molar-refractivity contribution in [1.29, 1.82) is 0 Å². The third-order valence-corrected chi connectivity index (χ3v) is 4.04. The van der Waals surface area contributed by atoms with Crippen LogP contribution in [0.25, 0.3) is 0 Å². The van der Waals surface area contributed by atoms with E-state index >= 15 is 0 Å². The third-order valence-electron chi connectivity index (χ3n) is 2.95. The fourth-order valence-corrected chi connectivity index (χ4v) is 2.38. The second-order valence-electron chi connectivity index (χ2n) is 4.36. The van der Waals surface area contributed by atoms with Gasteiger partial charge in [-0.05, 0) is 37.5 Å². The molecule has 4 nitrogen and oxygen atoms in total. The molecular weight excluding hydrogens is 305 g/mol. The molecule has 0 amide bonds.